The van der Waals surface area contributed by atoms with E-state index in [4.69, 9.17) is 5.14 Å². The molecule has 0 saturated heterocycles. The second-order valence-electron chi connectivity index (χ2n) is 4.59. The van der Waals surface area contributed by atoms with E-state index in [0.717, 1.165) is 11.3 Å². The molecular formula is C14H14BrFN2O2S. The molecule has 0 fully saturated rings. The van der Waals surface area contributed by atoms with Crippen LogP contribution in [0.1, 0.15) is 11.1 Å². The zero-order valence-electron chi connectivity index (χ0n) is 11.0. The molecule has 4 nitrogen and oxygen atoms in total. The Bertz CT molecular complexity index is 733. The molecule has 0 aliphatic rings. The molecule has 2 aromatic rings. The fourth-order valence-corrected chi connectivity index (χ4v) is 2.96. The Kier molecular flexibility index (Phi) is 4.97. The van der Waals surface area contributed by atoms with Crippen LogP contribution in [0.4, 0.5) is 10.1 Å². The van der Waals surface area contributed by atoms with E-state index in [1.807, 2.05) is 0 Å². The number of nitrogens with one attached hydrogen (secondary N) is 1. The Hall–Kier alpha value is -1.44. The highest BCUT2D eigenvalue weighted by atomic mass is 79.9. The van der Waals surface area contributed by atoms with Crippen LogP contribution in [0.3, 0.4) is 0 Å². The van der Waals surface area contributed by atoms with Crippen molar-refractivity contribution in [2.75, 3.05) is 5.32 Å². The van der Waals surface area contributed by atoms with Crippen molar-refractivity contribution in [3.63, 3.8) is 0 Å². The standard InChI is InChI=1S/C14H14BrFN2O2S/c15-14-7-12(16)4-3-11(14)8-18-13-5-1-10(2-6-13)9-21(17,19)20/h1-7,18H,8-9H2,(H2,17,19,20). The minimum Gasteiger partial charge on any atom is -0.381 e. The molecule has 2 aromatic carbocycles. The molecule has 0 aliphatic heterocycles. The molecule has 0 bridgehead atoms. The highest BCUT2D eigenvalue weighted by molar-refractivity contribution is 9.10. The lowest BCUT2D eigenvalue weighted by molar-refractivity contribution is 0.597. The van der Waals surface area contributed by atoms with E-state index in [2.05, 4.69) is 21.2 Å². The van der Waals surface area contributed by atoms with Gasteiger partial charge in [-0.25, -0.2) is 17.9 Å². The van der Waals surface area contributed by atoms with Crippen LogP contribution in [0.15, 0.2) is 46.9 Å². The Balaban J connectivity index is 2.00. The Morgan fingerprint density at radius 2 is 1.81 bits per heavy atom. The number of benzene rings is 2. The van der Waals surface area contributed by atoms with Gasteiger partial charge in [-0.1, -0.05) is 34.1 Å². The molecule has 21 heavy (non-hydrogen) atoms. The van der Waals surface area contributed by atoms with Crippen LogP contribution in [0.25, 0.3) is 0 Å². The van der Waals surface area contributed by atoms with Gasteiger partial charge in [0, 0.05) is 16.7 Å². The highest BCUT2D eigenvalue weighted by Crippen LogP contribution is 2.20. The van der Waals surface area contributed by atoms with Crippen LogP contribution in [0, 0.1) is 5.82 Å². The Morgan fingerprint density at radius 3 is 2.38 bits per heavy atom. The summed E-state index contributed by atoms with van der Waals surface area (Å²) in [4.78, 5) is 0. The summed E-state index contributed by atoms with van der Waals surface area (Å²) < 4.78 is 35.7. The summed E-state index contributed by atoms with van der Waals surface area (Å²) in [6.45, 7) is 0.523. The lowest BCUT2D eigenvalue weighted by Crippen LogP contribution is -2.14. The molecule has 0 saturated carbocycles. The third-order valence-corrected chi connectivity index (χ3v) is 4.29. The van der Waals surface area contributed by atoms with Crippen LogP contribution >= 0.6 is 15.9 Å². The summed E-state index contributed by atoms with van der Waals surface area (Å²) >= 11 is 3.30. The molecule has 0 spiro atoms. The molecule has 0 heterocycles. The van der Waals surface area contributed by atoms with E-state index >= 15 is 0 Å². The zero-order valence-corrected chi connectivity index (χ0v) is 13.4. The van der Waals surface area contributed by atoms with Gasteiger partial charge in [0.2, 0.25) is 10.0 Å². The Labute approximate surface area is 131 Å². The van der Waals surface area contributed by atoms with Crippen molar-refractivity contribution in [3.05, 3.63) is 63.9 Å². The van der Waals surface area contributed by atoms with E-state index in [-0.39, 0.29) is 11.6 Å². The number of hydrogen-bond donors (Lipinski definition) is 2. The van der Waals surface area contributed by atoms with Gasteiger partial charge in [0.05, 0.1) is 5.75 Å². The number of primary sulfonamides is 1. The molecule has 7 heteroatoms. The second-order valence-corrected chi connectivity index (χ2v) is 7.06. The molecule has 0 atom stereocenters. The maximum absolute atomic E-state index is 13.0. The van der Waals surface area contributed by atoms with Crippen LogP contribution < -0.4 is 10.5 Å². The number of anilines is 1. The largest absolute Gasteiger partial charge is 0.381 e. The molecule has 0 unspecified atom stereocenters. The van der Waals surface area contributed by atoms with Gasteiger partial charge >= 0.3 is 0 Å². The van der Waals surface area contributed by atoms with Gasteiger partial charge < -0.3 is 5.32 Å². The number of nitrogens with two attached hydrogens (primary N) is 1. The fraction of sp³-hybridized carbons (Fsp3) is 0.143. The first-order chi connectivity index (χ1) is 9.83. The van der Waals surface area contributed by atoms with E-state index in [1.165, 1.54) is 12.1 Å². The topological polar surface area (TPSA) is 72.2 Å². The van der Waals surface area contributed by atoms with Crippen molar-refractivity contribution in [1.82, 2.24) is 0 Å². The quantitative estimate of drug-likeness (QED) is 0.847. The van der Waals surface area contributed by atoms with Gasteiger partial charge in [-0.05, 0) is 35.4 Å². The minimum absolute atomic E-state index is 0.184. The zero-order chi connectivity index (χ0) is 15.5. The molecule has 0 aliphatic carbocycles. The third-order valence-electron chi connectivity index (χ3n) is 2.82. The highest BCUT2D eigenvalue weighted by Gasteiger charge is 2.05. The fourth-order valence-electron chi connectivity index (χ4n) is 1.81. The van der Waals surface area contributed by atoms with Crippen molar-refractivity contribution in [2.24, 2.45) is 5.14 Å². The van der Waals surface area contributed by atoms with Gasteiger partial charge in [-0.3, -0.25) is 0 Å². The number of halogens is 2. The average Bonchev–Trinajstić information content (AvgIpc) is 2.38. The smallest absolute Gasteiger partial charge is 0.213 e. The van der Waals surface area contributed by atoms with Gasteiger partial charge in [-0.2, -0.15) is 0 Å². The van der Waals surface area contributed by atoms with Gasteiger partial charge in [0.25, 0.3) is 0 Å². The third kappa shape index (κ3) is 5.11. The molecule has 3 N–H and O–H groups in total. The van der Waals surface area contributed by atoms with Crippen LogP contribution in [-0.4, -0.2) is 8.42 Å². The molecular weight excluding hydrogens is 359 g/mol. The average molecular weight is 373 g/mol. The summed E-state index contributed by atoms with van der Waals surface area (Å²) in [5.74, 6) is -0.477. The summed E-state index contributed by atoms with van der Waals surface area (Å²) in [5.41, 5.74) is 2.39. The second kappa shape index (κ2) is 6.55. The Morgan fingerprint density at radius 1 is 1.14 bits per heavy atom. The summed E-state index contributed by atoms with van der Waals surface area (Å²) in [6.07, 6.45) is 0. The number of hydrogen-bond acceptors (Lipinski definition) is 3. The van der Waals surface area contributed by atoms with Gasteiger partial charge in [0.1, 0.15) is 5.82 Å². The van der Waals surface area contributed by atoms with Crippen molar-refractivity contribution in [2.45, 2.75) is 12.3 Å². The van der Waals surface area contributed by atoms with E-state index in [9.17, 15) is 12.8 Å². The first-order valence-electron chi connectivity index (χ1n) is 6.11. The molecule has 0 radical (unpaired) electrons. The lowest BCUT2D eigenvalue weighted by atomic mass is 10.2. The predicted octanol–water partition coefficient (Wildman–Crippen LogP) is 2.99. The SMILES string of the molecule is NS(=O)(=O)Cc1ccc(NCc2ccc(F)cc2Br)cc1. The number of sulfonamides is 1. The van der Waals surface area contributed by atoms with Crippen LogP contribution in [0.2, 0.25) is 0 Å². The first-order valence-corrected chi connectivity index (χ1v) is 8.61. The molecule has 112 valence electrons. The molecule has 2 rings (SSSR count). The first kappa shape index (κ1) is 15.9. The van der Waals surface area contributed by atoms with Gasteiger partial charge in [0.15, 0.2) is 0 Å². The summed E-state index contributed by atoms with van der Waals surface area (Å²) in [5, 5.41) is 8.17. The van der Waals surface area contributed by atoms with Crippen molar-refractivity contribution in [1.29, 1.82) is 0 Å². The normalized spacial score (nSPS) is 11.4. The molecule has 0 amide bonds. The van der Waals surface area contributed by atoms with E-state index in [1.54, 1.807) is 30.3 Å². The van der Waals surface area contributed by atoms with E-state index in [0.29, 0.717) is 16.6 Å². The van der Waals surface area contributed by atoms with Crippen LogP contribution in [-0.2, 0) is 22.3 Å². The van der Waals surface area contributed by atoms with Gasteiger partial charge in [-0.15, -0.1) is 0 Å². The van der Waals surface area contributed by atoms with Crippen molar-refractivity contribution >= 4 is 31.6 Å². The van der Waals surface area contributed by atoms with E-state index < -0.39 is 10.0 Å². The minimum atomic E-state index is -3.52. The summed E-state index contributed by atoms with van der Waals surface area (Å²) in [6, 6.07) is 11.5. The van der Waals surface area contributed by atoms with Crippen molar-refractivity contribution < 1.29 is 12.8 Å². The number of rotatable bonds is 5. The van der Waals surface area contributed by atoms with Crippen LogP contribution in [0.5, 0.6) is 0 Å². The lowest BCUT2D eigenvalue weighted by Gasteiger charge is -2.09. The summed E-state index contributed by atoms with van der Waals surface area (Å²) in [7, 11) is -3.52. The molecule has 0 aromatic heterocycles. The maximum Gasteiger partial charge on any atom is 0.213 e. The van der Waals surface area contributed by atoms with Crippen molar-refractivity contribution in [3.8, 4) is 0 Å². The monoisotopic (exact) mass is 372 g/mol. The predicted molar refractivity (Wildman–Crippen MR) is 84.7 cm³/mol. The maximum atomic E-state index is 13.0.